The maximum Gasteiger partial charge on any atom is 0.124 e. The van der Waals surface area contributed by atoms with Crippen LogP contribution in [0, 0.1) is 12.7 Å². The molecule has 2 aromatic carbocycles. The van der Waals surface area contributed by atoms with Crippen LogP contribution in [0.4, 0.5) is 4.39 Å². The molecule has 0 spiro atoms. The molecule has 0 nitrogen and oxygen atoms in total. The van der Waals surface area contributed by atoms with Crippen molar-refractivity contribution < 1.29 is 4.39 Å². The average Bonchev–Trinajstić information content (AvgIpc) is 2.02. The number of fused-ring (bicyclic) bond motifs is 1. The second-order valence-corrected chi connectivity index (χ2v) is 3.91. The molecule has 0 aliphatic carbocycles. The SMILES string of the molecule is Cc1cccc2cc(F)cc(Br)c12. The summed E-state index contributed by atoms with van der Waals surface area (Å²) < 4.78 is 13.8. The van der Waals surface area contributed by atoms with E-state index in [4.69, 9.17) is 0 Å². The Kier molecular flexibility index (Phi) is 2.08. The van der Waals surface area contributed by atoms with E-state index >= 15 is 0 Å². The maximum absolute atomic E-state index is 13.0. The van der Waals surface area contributed by atoms with Crippen LogP contribution in [0.15, 0.2) is 34.8 Å². The fraction of sp³-hybridized carbons (Fsp3) is 0.0909. The van der Waals surface area contributed by atoms with Gasteiger partial charge in [0.05, 0.1) is 0 Å². The molecule has 0 radical (unpaired) electrons. The van der Waals surface area contributed by atoms with E-state index in [-0.39, 0.29) is 5.82 Å². The van der Waals surface area contributed by atoms with Gasteiger partial charge in [-0.25, -0.2) is 4.39 Å². The van der Waals surface area contributed by atoms with Crippen LogP contribution >= 0.6 is 15.9 Å². The third-order valence-corrected chi connectivity index (χ3v) is 2.73. The fourth-order valence-electron chi connectivity index (χ4n) is 1.52. The van der Waals surface area contributed by atoms with E-state index in [1.807, 2.05) is 25.1 Å². The van der Waals surface area contributed by atoms with Crippen molar-refractivity contribution in [1.82, 2.24) is 0 Å². The minimum Gasteiger partial charge on any atom is -0.207 e. The summed E-state index contributed by atoms with van der Waals surface area (Å²) in [5, 5.41) is 2.02. The lowest BCUT2D eigenvalue weighted by molar-refractivity contribution is 0.629. The van der Waals surface area contributed by atoms with E-state index in [9.17, 15) is 4.39 Å². The summed E-state index contributed by atoms with van der Waals surface area (Å²) >= 11 is 3.36. The van der Waals surface area contributed by atoms with Crippen LogP contribution < -0.4 is 0 Å². The molecule has 0 saturated heterocycles. The second-order valence-electron chi connectivity index (χ2n) is 3.06. The van der Waals surface area contributed by atoms with Crippen LogP contribution in [0.3, 0.4) is 0 Å². The van der Waals surface area contributed by atoms with Gasteiger partial charge in [0.15, 0.2) is 0 Å². The van der Waals surface area contributed by atoms with E-state index < -0.39 is 0 Å². The molecule has 0 heterocycles. The number of hydrogen-bond acceptors (Lipinski definition) is 0. The van der Waals surface area contributed by atoms with Crippen molar-refractivity contribution in [2.45, 2.75) is 6.92 Å². The van der Waals surface area contributed by atoms with Gasteiger partial charge < -0.3 is 0 Å². The molecule has 0 fully saturated rings. The average molecular weight is 239 g/mol. The van der Waals surface area contributed by atoms with Crippen molar-refractivity contribution in [3.63, 3.8) is 0 Å². The fourth-order valence-corrected chi connectivity index (χ4v) is 2.28. The van der Waals surface area contributed by atoms with Crippen molar-refractivity contribution in [3.05, 3.63) is 46.2 Å². The zero-order valence-corrected chi connectivity index (χ0v) is 8.73. The van der Waals surface area contributed by atoms with E-state index in [0.29, 0.717) is 0 Å². The van der Waals surface area contributed by atoms with Crippen LogP contribution in [0.25, 0.3) is 10.8 Å². The Morgan fingerprint density at radius 2 is 2.00 bits per heavy atom. The topological polar surface area (TPSA) is 0 Å². The summed E-state index contributed by atoms with van der Waals surface area (Å²) in [6, 6.07) is 8.91. The lowest BCUT2D eigenvalue weighted by Gasteiger charge is -2.04. The molecule has 0 N–H and O–H groups in total. The number of benzene rings is 2. The van der Waals surface area contributed by atoms with Crippen LogP contribution in [0.2, 0.25) is 0 Å². The van der Waals surface area contributed by atoms with E-state index in [1.165, 1.54) is 6.07 Å². The first kappa shape index (κ1) is 8.70. The Hall–Kier alpha value is -0.890. The van der Waals surface area contributed by atoms with Gasteiger partial charge in [0, 0.05) is 4.47 Å². The quantitative estimate of drug-likeness (QED) is 0.650. The summed E-state index contributed by atoms with van der Waals surface area (Å²) in [4.78, 5) is 0. The standard InChI is InChI=1S/C11H8BrF/c1-7-3-2-4-8-5-9(13)6-10(12)11(7)8/h2-6H,1H3. The summed E-state index contributed by atoms with van der Waals surface area (Å²) in [6.07, 6.45) is 0. The first-order chi connectivity index (χ1) is 6.18. The Balaban J connectivity index is 2.94. The van der Waals surface area contributed by atoms with Crippen molar-refractivity contribution in [1.29, 1.82) is 0 Å². The lowest BCUT2D eigenvalue weighted by atomic mass is 10.1. The molecule has 0 aliphatic heterocycles. The minimum atomic E-state index is -0.204. The smallest absolute Gasteiger partial charge is 0.124 e. The Labute approximate surface area is 84.5 Å². The van der Waals surface area contributed by atoms with Gasteiger partial charge in [-0.05, 0) is 35.4 Å². The van der Waals surface area contributed by atoms with Crippen LogP contribution in [-0.2, 0) is 0 Å². The highest BCUT2D eigenvalue weighted by molar-refractivity contribution is 9.10. The monoisotopic (exact) mass is 238 g/mol. The normalized spacial score (nSPS) is 10.7. The molecule has 0 aromatic heterocycles. The van der Waals surface area contributed by atoms with Crippen LogP contribution in [-0.4, -0.2) is 0 Å². The van der Waals surface area contributed by atoms with E-state index in [1.54, 1.807) is 6.07 Å². The summed E-state index contributed by atoms with van der Waals surface area (Å²) in [6.45, 7) is 2.02. The molecule has 2 heteroatoms. The van der Waals surface area contributed by atoms with Gasteiger partial charge in [0.1, 0.15) is 5.82 Å². The molecule has 2 aromatic rings. The van der Waals surface area contributed by atoms with Crippen molar-refractivity contribution in [2.75, 3.05) is 0 Å². The molecule has 0 aliphatic rings. The molecule has 0 saturated carbocycles. The maximum atomic E-state index is 13.0. The number of rotatable bonds is 0. The lowest BCUT2D eigenvalue weighted by Crippen LogP contribution is -1.82. The van der Waals surface area contributed by atoms with Gasteiger partial charge in [0.2, 0.25) is 0 Å². The molecule has 2 rings (SSSR count). The zero-order valence-electron chi connectivity index (χ0n) is 7.14. The molecule has 0 bridgehead atoms. The predicted octanol–water partition coefficient (Wildman–Crippen LogP) is 4.05. The van der Waals surface area contributed by atoms with Gasteiger partial charge >= 0.3 is 0 Å². The number of halogens is 2. The molecule has 66 valence electrons. The minimum absolute atomic E-state index is 0.204. The largest absolute Gasteiger partial charge is 0.207 e. The van der Waals surface area contributed by atoms with Crippen LogP contribution in [0.1, 0.15) is 5.56 Å². The molecule has 13 heavy (non-hydrogen) atoms. The third-order valence-electron chi connectivity index (χ3n) is 2.10. The predicted molar refractivity (Wildman–Crippen MR) is 56.3 cm³/mol. The zero-order chi connectivity index (χ0) is 9.42. The number of hydrogen-bond donors (Lipinski definition) is 0. The van der Waals surface area contributed by atoms with Crippen molar-refractivity contribution in [3.8, 4) is 0 Å². The Morgan fingerprint density at radius 1 is 1.23 bits per heavy atom. The Bertz CT molecular complexity index is 463. The highest BCUT2D eigenvalue weighted by atomic mass is 79.9. The van der Waals surface area contributed by atoms with E-state index in [2.05, 4.69) is 15.9 Å². The summed E-state index contributed by atoms with van der Waals surface area (Å²) in [5.74, 6) is -0.204. The molecule has 0 amide bonds. The van der Waals surface area contributed by atoms with Gasteiger partial charge in [-0.15, -0.1) is 0 Å². The van der Waals surface area contributed by atoms with Crippen LogP contribution in [0.5, 0.6) is 0 Å². The van der Waals surface area contributed by atoms with Gasteiger partial charge in [-0.2, -0.15) is 0 Å². The third kappa shape index (κ3) is 1.46. The summed E-state index contributed by atoms with van der Waals surface area (Å²) in [5.41, 5.74) is 1.16. The number of aryl methyl sites for hydroxylation is 1. The first-order valence-corrected chi connectivity index (χ1v) is 4.82. The highest BCUT2D eigenvalue weighted by Crippen LogP contribution is 2.27. The van der Waals surface area contributed by atoms with Gasteiger partial charge in [-0.1, -0.05) is 34.1 Å². The molecule has 0 unspecified atom stereocenters. The van der Waals surface area contributed by atoms with Gasteiger partial charge in [-0.3, -0.25) is 0 Å². The Morgan fingerprint density at radius 3 is 2.77 bits per heavy atom. The molecular formula is C11H8BrF. The van der Waals surface area contributed by atoms with Crippen molar-refractivity contribution >= 4 is 26.7 Å². The first-order valence-electron chi connectivity index (χ1n) is 4.03. The summed E-state index contributed by atoms with van der Waals surface area (Å²) in [7, 11) is 0. The van der Waals surface area contributed by atoms with E-state index in [0.717, 1.165) is 20.8 Å². The van der Waals surface area contributed by atoms with Crippen molar-refractivity contribution in [2.24, 2.45) is 0 Å². The highest BCUT2D eigenvalue weighted by Gasteiger charge is 2.03. The van der Waals surface area contributed by atoms with Gasteiger partial charge in [0.25, 0.3) is 0 Å². The second kappa shape index (κ2) is 3.11. The molecule has 0 atom stereocenters. The molecular weight excluding hydrogens is 231 g/mol.